The molecular formula is C13H22N2O3. The summed E-state index contributed by atoms with van der Waals surface area (Å²) in [5, 5.41) is 0. The molecule has 5 nitrogen and oxygen atoms in total. The van der Waals surface area contributed by atoms with E-state index in [1.54, 1.807) is 0 Å². The summed E-state index contributed by atoms with van der Waals surface area (Å²) in [4.78, 5) is 26.4. The van der Waals surface area contributed by atoms with E-state index in [0.29, 0.717) is 6.04 Å². The van der Waals surface area contributed by atoms with Gasteiger partial charge in [-0.2, -0.15) is 0 Å². The lowest BCUT2D eigenvalue weighted by atomic mass is 9.85. The second-order valence-electron chi connectivity index (χ2n) is 5.21. The number of esters is 1. The molecule has 0 aromatic heterocycles. The second-order valence-corrected chi connectivity index (χ2v) is 5.21. The van der Waals surface area contributed by atoms with Crippen molar-refractivity contribution >= 4 is 12.4 Å². The summed E-state index contributed by atoms with van der Waals surface area (Å²) in [6.45, 7) is 3.60. The maximum absolute atomic E-state index is 11.5. The highest BCUT2D eigenvalue weighted by Gasteiger charge is 2.31. The molecule has 2 aliphatic rings. The number of carbonyl (C=O) groups excluding carboxylic acids is 2. The molecule has 0 N–H and O–H groups in total. The maximum atomic E-state index is 11.5. The molecule has 0 bridgehead atoms. The van der Waals surface area contributed by atoms with Gasteiger partial charge in [0, 0.05) is 32.2 Å². The third kappa shape index (κ3) is 3.02. The van der Waals surface area contributed by atoms with Crippen LogP contribution in [0.2, 0.25) is 0 Å². The minimum absolute atomic E-state index is 0.0563. The minimum atomic E-state index is -0.0563. The summed E-state index contributed by atoms with van der Waals surface area (Å²) < 4.78 is 4.80. The normalized spacial score (nSPS) is 29.9. The Bertz CT molecular complexity index is 293. The number of carbonyl (C=O) groups is 2. The van der Waals surface area contributed by atoms with Crippen molar-refractivity contribution in [2.45, 2.75) is 31.7 Å². The number of hydrogen-bond donors (Lipinski definition) is 0. The van der Waals surface area contributed by atoms with Crippen molar-refractivity contribution in [1.82, 2.24) is 9.80 Å². The van der Waals surface area contributed by atoms with Crippen LogP contribution in [0.4, 0.5) is 0 Å². The van der Waals surface area contributed by atoms with Crippen molar-refractivity contribution in [3.05, 3.63) is 0 Å². The number of amides is 1. The van der Waals surface area contributed by atoms with Crippen LogP contribution in [0.5, 0.6) is 0 Å². The fraction of sp³-hybridized carbons (Fsp3) is 0.846. The predicted molar refractivity (Wildman–Crippen MR) is 67.0 cm³/mol. The Morgan fingerprint density at radius 3 is 2.22 bits per heavy atom. The summed E-state index contributed by atoms with van der Waals surface area (Å²) in [5.74, 6) is 0.0433. The highest BCUT2D eigenvalue weighted by Crippen LogP contribution is 2.28. The lowest BCUT2D eigenvalue weighted by molar-refractivity contribution is -0.147. The third-order valence-corrected chi connectivity index (χ3v) is 4.25. The van der Waals surface area contributed by atoms with E-state index < -0.39 is 0 Å². The molecule has 1 saturated carbocycles. The van der Waals surface area contributed by atoms with Gasteiger partial charge >= 0.3 is 5.97 Å². The van der Waals surface area contributed by atoms with E-state index in [4.69, 9.17) is 4.74 Å². The van der Waals surface area contributed by atoms with Crippen LogP contribution in [0, 0.1) is 5.92 Å². The van der Waals surface area contributed by atoms with Crippen LogP contribution < -0.4 is 0 Å². The number of piperazine rings is 1. The molecule has 0 aromatic carbocycles. The van der Waals surface area contributed by atoms with E-state index in [9.17, 15) is 9.59 Å². The van der Waals surface area contributed by atoms with Gasteiger partial charge in [-0.25, -0.2) is 0 Å². The Morgan fingerprint density at radius 2 is 1.72 bits per heavy atom. The van der Waals surface area contributed by atoms with Gasteiger partial charge < -0.3 is 9.64 Å². The van der Waals surface area contributed by atoms with Gasteiger partial charge in [0.15, 0.2) is 0 Å². The summed E-state index contributed by atoms with van der Waals surface area (Å²) >= 11 is 0. The SMILES string of the molecule is COC(=O)C1CCC(N2CCN(C=O)CC2)CC1. The van der Waals surface area contributed by atoms with Gasteiger partial charge in [-0.05, 0) is 25.7 Å². The van der Waals surface area contributed by atoms with E-state index in [0.717, 1.165) is 58.3 Å². The molecule has 0 aromatic rings. The monoisotopic (exact) mass is 254 g/mol. The average molecular weight is 254 g/mol. The summed E-state index contributed by atoms with van der Waals surface area (Å²) in [6, 6.07) is 0.583. The van der Waals surface area contributed by atoms with Crippen LogP contribution in [0.1, 0.15) is 25.7 Å². The first-order valence-corrected chi connectivity index (χ1v) is 6.76. The highest BCUT2D eigenvalue weighted by atomic mass is 16.5. The van der Waals surface area contributed by atoms with Crippen molar-refractivity contribution < 1.29 is 14.3 Å². The summed E-state index contributed by atoms with van der Waals surface area (Å²) in [7, 11) is 1.47. The Hall–Kier alpha value is -1.10. The first kappa shape index (κ1) is 13.3. The number of rotatable bonds is 3. The van der Waals surface area contributed by atoms with Crippen LogP contribution in [-0.4, -0.2) is 61.5 Å². The lowest BCUT2D eigenvalue weighted by Gasteiger charge is -2.40. The van der Waals surface area contributed by atoms with E-state index in [1.165, 1.54) is 7.11 Å². The standard InChI is InChI=1S/C13H22N2O3/c1-18-13(17)11-2-4-12(5-3-11)15-8-6-14(10-16)7-9-15/h10-12H,2-9H2,1H3. The molecule has 102 valence electrons. The molecule has 18 heavy (non-hydrogen) atoms. The second kappa shape index (κ2) is 6.18. The minimum Gasteiger partial charge on any atom is -0.469 e. The molecular weight excluding hydrogens is 232 g/mol. The first-order chi connectivity index (χ1) is 8.74. The Morgan fingerprint density at radius 1 is 1.11 bits per heavy atom. The molecule has 0 unspecified atom stereocenters. The molecule has 5 heteroatoms. The summed E-state index contributed by atoms with van der Waals surface area (Å²) in [5.41, 5.74) is 0. The van der Waals surface area contributed by atoms with Crippen LogP contribution in [0.15, 0.2) is 0 Å². The zero-order chi connectivity index (χ0) is 13.0. The van der Waals surface area contributed by atoms with Gasteiger partial charge in [-0.3, -0.25) is 14.5 Å². The smallest absolute Gasteiger partial charge is 0.308 e. The number of hydrogen-bond acceptors (Lipinski definition) is 4. The van der Waals surface area contributed by atoms with Gasteiger partial charge in [0.05, 0.1) is 13.0 Å². The van der Waals surface area contributed by atoms with Crippen LogP contribution in [0.25, 0.3) is 0 Å². The molecule has 1 saturated heterocycles. The van der Waals surface area contributed by atoms with Gasteiger partial charge in [-0.1, -0.05) is 0 Å². The van der Waals surface area contributed by atoms with Gasteiger partial charge in [0.25, 0.3) is 0 Å². The first-order valence-electron chi connectivity index (χ1n) is 6.76. The Kier molecular flexibility index (Phi) is 4.58. The van der Waals surface area contributed by atoms with Crippen LogP contribution in [-0.2, 0) is 14.3 Å². The van der Waals surface area contributed by atoms with E-state index >= 15 is 0 Å². The van der Waals surface area contributed by atoms with Gasteiger partial charge in [0.2, 0.25) is 6.41 Å². The fourth-order valence-electron chi connectivity index (χ4n) is 3.05. The predicted octanol–water partition coefficient (Wildman–Crippen LogP) is 0.492. The molecule has 0 spiro atoms. The molecule has 2 rings (SSSR count). The topological polar surface area (TPSA) is 49.9 Å². The Labute approximate surface area is 108 Å². The molecule has 1 heterocycles. The molecule has 0 atom stereocenters. The van der Waals surface area contributed by atoms with Crippen molar-refractivity contribution in [3.8, 4) is 0 Å². The lowest BCUT2D eigenvalue weighted by Crippen LogP contribution is -2.50. The average Bonchev–Trinajstić information content (AvgIpc) is 2.47. The highest BCUT2D eigenvalue weighted by molar-refractivity contribution is 5.72. The Balaban J connectivity index is 1.76. The van der Waals surface area contributed by atoms with Crippen molar-refractivity contribution in [2.24, 2.45) is 5.92 Å². The molecule has 2 fully saturated rings. The summed E-state index contributed by atoms with van der Waals surface area (Å²) in [6.07, 6.45) is 4.95. The third-order valence-electron chi connectivity index (χ3n) is 4.25. The zero-order valence-corrected chi connectivity index (χ0v) is 11.0. The number of methoxy groups -OCH3 is 1. The quantitative estimate of drug-likeness (QED) is 0.543. The number of ether oxygens (including phenoxy) is 1. The largest absolute Gasteiger partial charge is 0.469 e. The van der Waals surface area contributed by atoms with E-state index in [-0.39, 0.29) is 11.9 Å². The van der Waals surface area contributed by atoms with E-state index in [1.807, 2.05) is 4.90 Å². The zero-order valence-electron chi connectivity index (χ0n) is 11.0. The van der Waals surface area contributed by atoms with Gasteiger partial charge in [-0.15, -0.1) is 0 Å². The molecule has 1 aliphatic carbocycles. The molecule has 0 radical (unpaired) electrons. The maximum Gasteiger partial charge on any atom is 0.308 e. The van der Waals surface area contributed by atoms with Gasteiger partial charge in [0.1, 0.15) is 0 Å². The molecule has 1 aliphatic heterocycles. The van der Waals surface area contributed by atoms with Crippen LogP contribution >= 0.6 is 0 Å². The van der Waals surface area contributed by atoms with Crippen LogP contribution in [0.3, 0.4) is 0 Å². The van der Waals surface area contributed by atoms with Crippen molar-refractivity contribution in [3.63, 3.8) is 0 Å². The number of nitrogens with zero attached hydrogens (tertiary/aromatic N) is 2. The molecule has 1 amide bonds. The van der Waals surface area contributed by atoms with E-state index in [2.05, 4.69) is 4.90 Å². The fourth-order valence-corrected chi connectivity index (χ4v) is 3.05. The van der Waals surface area contributed by atoms with Crippen molar-refractivity contribution in [2.75, 3.05) is 33.3 Å². The van der Waals surface area contributed by atoms with Crippen molar-refractivity contribution in [1.29, 1.82) is 0 Å².